The van der Waals surface area contributed by atoms with E-state index in [0.717, 1.165) is 17.8 Å². The molecule has 1 aliphatic rings. The molecule has 1 fully saturated rings. The third-order valence-corrected chi connectivity index (χ3v) is 4.55. The van der Waals surface area contributed by atoms with Gasteiger partial charge in [-0.2, -0.15) is 0 Å². The zero-order valence-corrected chi connectivity index (χ0v) is 14.7. The summed E-state index contributed by atoms with van der Waals surface area (Å²) in [6.07, 6.45) is 0. The van der Waals surface area contributed by atoms with Crippen LogP contribution in [-0.4, -0.2) is 44.1 Å². The zero-order valence-electron chi connectivity index (χ0n) is 13.9. The van der Waals surface area contributed by atoms with Crippen LogP contribution in [0.3, 0.4) is 0 Å². The smallest absolute Gasteiger partial charge is 0.257 e. The van der Waals surface area contributed by atoms with Gasteiger partial charge in [0.25, 0.3) is 5.91 Å². The van der Waals surface area contributed by atoms with Crippen LogP contribution in [0.5, 0.6) is 5.75 Å². The number of halogens is 4. The summed E-state index contributed by atoms with van der Waals surface area (Å²) < 4.78 is 45.6. The minimum atomic E-state index is -1.64. The van der Waals surface area contributed by atoms with Gasteiger partial charge >= 0.3 is 0 Å². The van der Waals surface area contributed by atoms with Crippen LogP contribution in [0.2, 0.25) is 5.02 Å². The number of piperazine rings is 1. The van der Waals surface area contributed by atoms with Gasteiger partial charge in [-0.05, 0) is 30.3 Å². The lowest BCUT2D eigenvalue weighted by Crippen LogP contribution is -2.49. The summed E-state index contributed by atoms with van der Waals surface area (Å²) in [5.41, 5.74) is 0.323. The molecule has 0 atom stereocenters. The molecular weight excluding hydrogens is 369 g/mol. The van der Waals surface area contributed by atoms with Crippen molar-refractivity contribution in [2.24, 2.45) is 0 Å². The lowest BCUT2D eigenvalue weighted by atomic mass is 10.1. The monoisotopic (exact) mass is 384 g/mol. The maximum absolute atomic E-state index is 13.8. The van der Waals surface area contributed by atoms with Crippen LogP contribution < -0.4 is 9.64 Å². The van der Waals surface area contributed by atoms with Gasteiger partial charge in [0.2, 0.25) is 0 Å². The number of carbonyl (C=O) groups excluding carboxylic acids is 1. The third kappa shape index (κ3) is 3.44. The predicted octanol–water partition coefficient (Wildman–Crippen LogP) is 3.73. The Morgan fingerprint density at radius 2 is 1.73 bits per heavy atom. The minimum absolute atomic E-state index is 0.299. The highest BCUT2D eigenvalue weighted by Gasteiger charge is 2.27. The first-order chi connectivity index (χ1) is 12.4. The molecule has 0 radical (unpaired) electrons. The first-order valence-electron chi connectivity index (χ1n) is 7.93. The quantitative estimate of drug-likeness (QED) is 0.756. The van der Waals surface area contributed by atoms with E-state index in [1.807, 2.05) is 4.90 Å². The van der Waals surface area contributed by atoms with E-state index in [2.05, 4.69) is 0 Å². The Labute approximate surface area is 153 Å². The Bertz CT molecular complexity index is 839. The Morgan fingerprint density at radius 1 is 1.04 bits per heavy atom. The van der Waals surface area contributed by atoms with E-state index in [1.165, 1.54) is 4.90 Å². The maximum Gasteiger partial charge on any atom is 0.257 e. The fourth-order valence-corrected chi connectivity index (χ4v) is 3.09. The first-order valence-corrected chi connectivity index (χ1v) is 8.31. The van der Waals surface area contributed by atoms with Crippen LogP contribution >= 0.6 is 11.6 Å². The van der Waals surface area contributed by atoms with E-state index in [4.69, 9.17) is 16.3 Å². The van der Waals surface area contributed by atoms with Crippen molar-refractivity contribution in [3.8, 4) is 5.75 Å². The molecule has 4 nitrogen and oxygen atoms in total. The van der Waals surface area contributed by atoms with Gasteiger partial charge in [-0.3, -0.25) is 4.79 Å². The summed E-state index contributed by atoms with van der Waals surface area (Å²) in [6.45, 7) is 1.53. The number of amides is 1. The molecule has 1 aliphatic heterocycles. The van der Waals surface area contributed by atoms with Crippen molar-refractivity contribution < 1.29 is 22.7 Å². The number of anilines is 1. The number of hydrogen-bond acceptors (Lipinski definition) is 3. The van der Waals surface area contributed by atoms with Crippen molar-refractivity contribution >= 4 is 23.2 Å². The summed E-state index contributed by atoms with van der Waals surface area (Å²) in [5.74, 6) is -4.44. The molecule has 26 heavy (non-hydrogen) atoms. The van der Waals surface area contributed by atoms with E-state index in [9.17, 15) is 18.0 Å². The van der Waals surface area contributed by atoms with Gasteiger partial charge in [-0.15, -0.1) is 0 Å². The van der Waals surface area contributed by atoms with Gasteiger partial charge in [-0.1, -0.05) is 11.6 Å². The predicted molar refractivity (Wildman–Crippen MR) is 92.4 cm³/mol. The van der Waals surface area contributed by atoms with Gasteiger partial charge < -0.3 is 14.5 Å². The fraction of sp³-hybridized carbons (Fsp3) is 0.278. The van der Waals surface area contributed by atoms with Crippen molar-refractivity contribution in [1.82, 2.24) is 4.90 Å². The molecular formula is C18H16ClF3N2O2. The summed E-state index contributed by atoms with van der Waals surface area (Å²) in [7, 11) is 1.55. The number of rotatable bonds is 3. The number of ether oxygens (including phenoxy) is 1. The molecule has 0 saturated carbocycles. The second-order valence-corrected chi connectivity index (χ2v) is 6.25. The highest BCUT2D eigenvalue weighted by molar-refractivity contribution is 6.30. The SMILES string of the molecule is COc1ccc(Cl)cc1N1CCN(C(=O)c2ccc(F)c(F)c2F)CC1. The highest BCUT2D eigenvalue weighted by Crippen LogP contribution is 2.32. The van der Waals surface area contributed by atoms with Gasteiger partial charge in [0, 0.05) is 31.2 Å². The lowest BCUT2D eigenvalue weighted by Gasteiger charge is -2.36. The second-order valence-electron chi connectivity index (χ2n) is 5.82. The first kappa shape index (κ1) is 18.4. The van der Waals surface area contributed by atoms with Gasteiger partial charge in [0.1, 0.15) is 5.75 Å². The zero-order chi connectivity index (χ0) is 18.8. The maximum atomic E-state index is 13.8. The molecule has 1 amide bonds. The van der Waals surface area contributed by atoms with E-state index < -0.39 is 28.9 Å². The molecule has 0 aromatic heterocycles. The van der Waals surface area contributed by atoms with Crippen molar-refractivity contribution in [3.63, 3.8) is 0 Å². The molecule has 0 spiro atoms. The summed E-state index contributed by atoms with van der Waals surface area (Å²) in [5, 5.41) is 0.558. The summed E-state index contributed by atoms with van der Waals surface area (Å²) in [6, 6.07) is 6.95. The van der Waals surface area contributed by atoms with Gasteiger partial charge in [0.05, 0.1) is 18.4 Å². The lowest BCUT2D eigenvalue weighted by molar-refractivity contribution is 0.0740. The Morgan fingerprint density at radius 3 is 2.38 bits per heavy atom. The third-order valence-electron chi connectivity index (χ3n) is 4.31. The average Bonchev–Trinajstić information content (AvgIpc) is 2.66. The molecule has 1 saturated heterocycles. The van der Waals surface area contributed by atoms with E-state index >= 15 is 0 Å². The molecule has 138 valence electrons. The highest BCUT2D eigenvalue weighted by atomic mass is 35.5. The number of carbonyl (C=O) groups is 1. The fourth-order valence-electron chi connectivity index (χ4n) is 2.92. The molecule has 1 heterocycles. The molecule has 0 N–H and O–H groups in total. The summed E-state index contributed by atoms with van der Waals surface area (Å²) in [4.78, 5) is 15.8. The van der Waals surface area contributed by atoms with E-state index in [1.54, 1.807) is 25.3 Å². The van der Waals surface area contributed by atoms with Crippen molar-refractivity contribution in [2.45, 2.75) is 0 Å². The minimum Gasteiger partial charge on any atom is -0.495 e. The van der Waals surface area contributed by atoms with Crippen molar-refractivity contribution in [2.75, 3.05) is 38.2 Å². The average molecular weight is 385 g/mol. The Hall–Kier alpha value is -2.41. The van der Waals surface area contributed by atoms with Crippen LogP contribution in [0.4, 0.5) is 18.9 Å². The molecule has 0 bridgehead atoms. The second kappa shape index (κ2) is 7.45. The molecule has 8 heteroatoms. The van der Waals surface area contributed by atoms with Crippen LogP contribution in [0.25, 0.3) is 0 Å². The molecule has 0 unspecified atom stereocenters. The standard InChI is InChI=1S/C18H16ClF3N2O2/c1-26-15-5-2-11(19)10-14(15)23-6-8-24(9-7-23)18(25)12-3-4-13(20)17(22)16(12)21/h2-5,10H,6-9H2,1H3. The molecule has 0 aliphatic carbocycles. The van der Waals surface area contributed by atoms with Crippen LogP contribution in [-0.2, 0) is 0 Å². The Balaban J connectivity index is 1.74. The van der Waals surface area contributed by atoms with Crippen LogP contribution in [0.1, 0.15) is 10.4 Å². The van der Waals surface area contributed by atoms with Gasteiger partial charge in [0.15, 0.2) is 17.5 Å². The largest absolute Gasteiger partial charge is 0.495 e. The topological polar surface area (TPSA) is 32.8 Å². The molecule has 3 rings (SSSR count). The summed E-state index contributed by atoms with van der Waals surface area (Å²) >= 11 is 6.04. The van der Waals surface area contributed by atoms with Crippen molar-refractivity contribution in [1.29, 1.82) is 0 Å². The molecule has 2 aromatic rings. The normalized spacial score (nSPS) is 14.5. The number of methoxy groups -OCH3 is 1. The van der Waals surface area contributed by atoms with Crippen molar-refractivity contribution in [3.05, 3.63) is 58.4 Å². The van der Waals surface area contributed by atoms with Gasteiger partial charge in [-0.25, -0.2) is 13.2 Å². The number of nitrogens with zero attached hydrogens (tertiary/aromatic N) is 2. The molecule has 2 aromatic carbocycles. The number of benzene rings is 2. The van der Waals surface area contributed by atoms with E-state index in [-0.39, 0.29) is 0 Å². The number of hydrogen-bond donors (Lipinski definition) is 0. The van der Waals surface area contributed by atoms with E-state index in [0.29, 0.717) is 37.0 Å². The van der Waals surface area contributed by atoms with Crippen LogP contribution in [0, 0.1) is 17.5 Å². The Kier molecular flexibility index (Phi) is 5.27. The van der Waals surface area contributed by atoms with Crippen LogP contribution in [0.15, 0.2) is 30.3 Å².